The predicted octanol–water partition coefficient (Wildman–Crippen LogP) is 3.54. The zero-order chi connectivity index (χ0) is 16.6. The maximum Gasteiger partial charge on any atom is 0.123 e. The monoisotopic (exact) mass is 327 g/mol. The fraction of sp³-hybridized carbons (Fsp3) is 0.400. The van der Waals surface area contributed by atoms with Crippen LogP contribution in [-0.2, 0) is 17.8 Å². The lowest BCUT2D eigenvalue weighted by Gasteiger charge is -2.15. The quantitative estimate of drug-likeness (QED) is 0.805. The molecule has 0 amide bonds. The second-order valence-corrected chi connectivity index (χ2v) is 6.01. The summed E-state index contributed by atoms with van der Waals surface area (Å²) in [4.78, 5) is 0. The number of hydrogen-bond donors (Lipinski definition) is 1. The van der Waals surface area contributed by atoms with E-state index in [1.165, 1.54) is 11.1 Å². The Morgan fingerprint density at radius 2 is 1.92 bits per heavy atom. The molecule has 0 bridgehead atoms. The normalized spacial score (nSPS) is 17.0. The third kappa shape index (κ3) is 4.73. The van der Waals surface area contributed by atoms with E-state index in [0.717, 1.165) is 44.0 Å². The van der Waals surface area contributed by atoms with Crippen LogP contribution in [0.5, 0.6) is 11.5 Å². The third-order valence-electron chi connectivity index (χ3n) is 4.22. The fourth-order valence-corrected chi connectivity index (χ4v) is 2.83. The number of rotatable bonds is 8. The standard InChI is InChI=1S/C20H25NO3/c1-22-18-10-8-16(9-11-18)13-21-14-17-5-2-3-7-20(17)24-15-19-6-4-12-23-19/h2-3,5,7-11,19,21H,4,6,12-15H2,1H3. The Balaban J connectivity index is 1.50. The number of benzene rings is 2. The molecule has 1 aliphatic heterocycles. The molecule has 2 aromatic carbocycles. The molecule has 1 heterocycles. The van der Waals surface area contributed by atoms with Gasteiger partial charge in [0.15, 0.2) is 0 Å². The molecule has 0 aliphatic carbocycles. The van der Waals surface area contributed by atoms with E-state index in [1.54, 1.807) is 7.11 Å². The smallest absolute Gasteiger partial charge is 0.123 e. The van der Waals surface area contributed by atoms with Crippen molar-refractivity contribution in [2.45, 2.75) is 32.0 Å². The summed E-state index contributed by atoms with van der Waals surface area (Å²) >= 11 is 0. The third-order valence-corrected chi connectivity index (χ3v) is 4.22. The first kappa shape index (κ1) is 16.8. The number of para-hydroxylation sites is 1. The van der Waals surface area contributed by atoms with Crippen molar-refractivity contribution in [2.75, 3.05) is 20.3 Å². The molecule has 1 aliphatic rings. The number of nitrogens with one attached hydrogen (secondary N) is 1. The lowest BCUT2D eigenvalue weighted by atomic mass is 10.1. The van der Waals surface area contributed by atoms with Gasteiger partial charge in [-0.3, -0.25) is 0 Å². The summed E-state index contributed by atoms with van der Waals surface area (Å²) in [7, 11) is 1.68. The first-order valence-electron chi connectivity index (χ1n) is 8.51. The minimum Gasteiger partial charge on any atom is -0.497 e. The largest absolute Gasteiger partial charge is 0.497 e. The summed E-state index contributed by atoms with van der Waals surface area (Å²) in [6.45, 7) is 3.08. The minimum atomic E-state index is 0.241. The number of methoxy groups -OCH3 is 1. The van der Waals surface area contributed by atoms with Gasteiger partial charge < -0.3 is 19.5 Å². The highest BCUT2D eigenvalue weighted by molar-refractivity contribution is 5.33. The number of ether oxygens (including phenoxy) is 3. The van der Waals surface area contributed by atoms with Gasteiger partial charge in [0.05, 0.1) is 13.2 Å². The first-order chi connectivity index (χ1) is 11.8. The molecular weight excluding hydrogens is 302 g/mol. The van der Waals surface area contributed by atoms with Crippen LogP contribution >= 0.6 is 0 Å². The molecule has 0 aromatic heterocycles. The minimum absolute atomic E-state index is 0.241. The molecule has 3 rings (SSSR count). The zero-order valence-corrected chi connectivity index (χ0v) is 14.2. The van der Waals surface area contributed by atoms with E-state index in [4.69, 9.17) is 14.2 Å². The van der Waals surface area contributed by atoms with Gasteiger partial charge in [0.2, 0.25) is 0 Å². The molecule has 24 heavy (non-hydrogen) atoms. The van der Waals surface area contributed by atoms with Gasteiger partial charge in [-0.05, 0) is 36.6 Å². The van der Waals surface area contributed by atoms with Crippen molar-refractivity contribution in [1.82, 2.24) is 5.32 Å². The van der Waals surface area contributed by atoms with Crippen LogP contribution in [-0.4, -0.2) is 26.4 Å². The highest BCUT2D eigenvalue weighted by Crippen LogP contribution is 2.20. The number of hydrogen-bond acceptors (Lipinski definition) is 4. The van der Waals surface area contributed by atoms with E-state index in [0.29, 0.717) is 6.61 Å². The lowest BCUT2D eigenvalue weighted by molar-refractivity contribution is 0.0676. The van der Waals surface area contributed by atoms with Gasteiger partial charge >= 0.3 is 0 Å². The van der Waals surface area contributed by atoms with E-state index >= 15 is 0 Å². The molecule has 1 fully saturated rings. The van der Waals surface area contributed by atoms with Crippen LogP contribution in [0.25, 0.3) is 0 Å². The second kappa shape index (κ2) is 8.71. The van der Waals surface area contributed by atoms with Crippen molar-refractivity contribution in [3.8, 4) is 11.5 Å². The summed E-state index contributed by atoms with van der Waals surface area (Å²) < 4.78 is 16.8. The van der Waals surface area contributed by atoms with Crippen LogP contribution in [0.4, 0.5) is 0 Å². The molecule has 4 heteroatoms. The van der Waals surface area contributed by atoms with Crippen molar-refractivity contribution in [1.29, 1.82) is 0 Å². The molecule has 1 unspecified atom stereocenters. The van der Waals surface area contributed by atoms with Crippen molar-refractivity contribution in [3.63, 3.8) is 0 Å². The molecule has 2 aromatic rings. The van der Waals surface area contributed by atoms with Crippen LogP contribution in [0.3, 0.4) is 0 Å². The van der Waals surface area contributed by atoms with Gasteiger partial charge in [0.25, 0.3) is 0 Å². The van der Waals surface area contributed by atoms with Crippen LogP contribution in [0.2, 0.25) is 0 Å². The van der Waals surface area contributed by atoms with E-state index < -0.39 is 0 Å². The highest BCUT2D eigenvalue weighted by atomic mass is 16.5. The van der Waals surface area contributed by atoms with Crippen molar-refractivity contribution in [2.24, 2.45) is 0 Å². The van der Waals surface area contributed by atoms with E-state index in [2.05, 4.69) is 23.5 Å². The zero-order valence-electron chi connectivity index (χ0n) is 14.2. The van der Waals surface area contributed by atoms with E-state index in [-0.39, 0.29) is 6.10 Å². The Kier molecular flexibility index (Phi) is 6.10. The van der Waals surface area contributed by atoms with Crippen LogP contribution in [0, 0.1) is 0 Å². The van der Waals surface area contributed by atoms with Crippen molar-refractivity contribution in [3.05, 3.63) is 59.7 Å². The Hall–Kier alpha value is -2.04. The lowest BCUT2D eigenvalue weighted by Crippen LogP contribution is -2.18. The summed E-state index contributed by atoms with van der Waals surface area (Å²) in [5.41, 5.74) is 2.40. The molecule has 1 atom stereocenters. The molecule has 4 nitrogen and oxygen atoms in total. The Bertz CT molecular complexity index is 621. The Morgan fingerprint density at radius 3 is 2.67 bits per heavy atom. The fourth-order valence-electron chi connectivity index (χ4n) is 2.83. The van der Waals surface area contributed by atoms with Crippen molar-refractivity contribution < 1.29 is 14.2 Å². The van der Waals surface area contributed by atoms with Gasteiger partial charge in [0, 0.05) is 25.3 Å². The molecule has 0 saturated carbocycles. The Morgan fingerprint density at radius 1 is 1.08 bits per heavy atom. The summed E-state index contributed by atoms with van der Waals surface area (Å²) in [6, 6.07) is 16.3. The van der Waals surface area contributed by atoms with E-state index in [1.807, 2.05) is 30.3 Å². The summed E-state index contributed by atoms with van der Waals surface area (Å²) in [5, 5.41) is 3.47. The van der Waals surface area contributed by atoms with Crippen LogP contribution in [0.15, 0.2) is 48.5 Å². The molecule has 1 N–H and O–H groups in total. The molecule has 128 valence electrons. The summed E-state index contributed by atoms with van der Waals surface area (Å²) in [6.07, 6.45) is 2.47. The first-order valence-corrected chi connectivity index (χ1v) is 8.51. The highest BCUT2D eigenvalue weighted by Gasteiger charge is 2.16. The van der Waals surface area contributed by atoms with Crippen molar-refractivity contribution >= 4 is 0 Å². The predicted molar refractivity (Wildman–Crippen MR) is 94.4 cm³/mol. The Labute approximate surface area is 143 Å². The van der Waals surface area contributed by atoms with E-state index in [9.17, 15) is 0 Å². The maximum absolute atomic E-state index is 5.97. The van der Waals surface area contributed by atoms with Crippen LogP contribution < -0.4 is 14.8 Å². The van der Waals surface area contributed by atoms with Gasteiger partial charge in [0.1, 0.15) is 18.1 Å². The van der Waals surface area contributed by atoms with Gasteiger partial charge in [-0.1, -0.05) is 30.3 Å². The molecular formula is C20H25NO3. The molecule has 0 spiro atoms. The SMILES string of the molecule is COc1ccc(CNCc2ccccc2OCC2CCCO2)cc1. The van der Waals surface area contributed by atoms with Gasteiger partial charge in [-0.15, -0.1) is 0 Å². The average Bonchev–Trinajstić information content (AvgIpc) is 3.15. The maximum atomic E-state index is 5.97. The second-order valence-electron chi connectivity index (χ2n) is 6.01. The van der Waals surface area contributed by atoms with Crippen LogP contribution in [0.1, 0.15) is 24.0 Å². The topological polar surface area (TPSA) is 39.7 Å². The molecule has 1 saturated heterocycles. The van der Waals surface area contributed by atoms with Gasteiger partial charge in [-0.2, -0.15) is 0 Å². The van der Waals surface area contributed by atoms with Gasteiger partial charge in [-0.25, -0.2) is 0 Å². The molecule has 0 radical (unpaired) electrons. The summed E-state index contributed by atoms with van der Waals surface area (Å²) in [5.74, 6) is 1.82. The average molecular weight is 327 g/mol.